The Morgan fingerprint density at radius 1 is 0.833 bits per heavy atom. The summed E-state index contributed by atoms with van der Waals surface area (Å²) < 4.78 is 0. The molecule has 1 rings (SSSR count). The number of rotatable bonds is 8. The fourth-order valence-electron chi connectivity index (χ4n) is 1.92. The molecule has 0 saturated heterocycles. The molecule has 8 nitrogen and oxygen atoms in total. The van der Waals surface area contributed by atoms with E-state index in [1.807, 2.05) is 38.0 Å². The van der Waals surface area contributed by atoms with Crippen LogP contribution in [0.5, 0.6) is 11.5 Å². The average Bonchev–Trinajstić information content (AvgIpc) is 2.48. The summed E-state index contributed by atoms with van der Waals surface area (Å²) in [6.45, 7) is 2.09. The van der Waals surface area contributed by atoms with Crippen LogP contribution in [0.1, 0.15) is 20.7 Å². The number of hydrogen-bond donors (Lipinski definition) is 4. The first kappa shape index (κ1) is 19.7. The predicted molar refractivity (Wildman–Crippen MR) is 91.5 cm³/mol. The highest BCUT2D eigenvalue weighted by Gasteiger charge is 2.20. The lowest BCUT2D eigenvalue weighted by Crippen LogP contribution is -2.32. The fraction of sp³-hybridized carbons (Fsp3) is 0.500. The van der Waals surface area contributed by atoms with Gasteiger partial charge in [-0.2, -0.15) is 0 Å². The summed E-state index contributed by atoms with van der Waals surface area (Å²) in [5.74, 6) is -2.22. The molecular formula is C16H26N4O4. The predicted octanol–water partition coefficient (Wildman–Crippen LogP) is -0.319. The van der Waals surface area contributed by atoms with E-state index in [9.17, 15) is 19.8 Å². The highest BCUT2D eigenvalue weighted by atomic mass is 16.3. The number of benzene rings is 1. The third kappa shape index (κ3) is 5.71. The van der Waals surface area contributed by atoms with E-state index in [-0.39, 0.29) is 11.1 Å². The summed E-state index contributed by atoms with van der Waals surface area (Å²) in [5.41, 5.74) is -0.146. The molecule has 2 amide bonds. The normalized spacial score (nSPS) is 10.9. The Hall–Kier alpha value is -2.32. The van der Waals surface area contributed by atoms with E-state index in [1.54, 1.807) is 0 Å². The van der Waals surface area contributed by atoms with E-state index in [0.717, 1.165) is 0 Å². The van der Waals surface area contributed by atoms with Gasteiger partial charge in [-0.25, -0.2) is 0 Å². The molecule has 1 aromatic carbocycles. The van der Waals surface area contributed by atoms with Gasteiger partial charge in [-0.05, 0) is 40.3 Å². The van der Waals surface area contributed by atoms with Crippen molar-refractivity contribution >= 4 is 11.8 Å². The van der Waals surface area contributed by atoms with E-state index in [2.05, 4.69) is 10.6 Å². The van der Waals surface area contributed by atoms with E-state index >= 15 is 0 Å². The third-order valence-electron chi connectivity index (χ3n) is 3.33. The molecular weight excluding hydrogens is 312 g/mol. The molecule has 8 heteroatoms. The van der Waals surface area contributed by atoms with Crippen LogP contribution in [-0.2, 0) is 0 Å². The molecule has 0 heterocycles. The van der Waals surface area contributed by atoms with Crippen LogP contribution in [0.2, 0.25) is 0 Å². The van der Waals surface area contributed by atoms with Crippen LogP contribution < -0.4 is 10.6 Å². The molecule has 0 unspecified atom stereocenters. The van der Waals surface area contributed by atoms with Crippen LogP contribution in [0.15, 0.2) is 12.1 Å². The molecule has 0 aliphatic rings. The monoisotopic (exact) mass is 338 g/mol. The second-order valence-electron chi connectivity index (χ2n) is 5.98. The summed E-state index contributed by atoms with van der Waals surface area (Å²) in [6.07, 6.45) is 0. The zero-order valence-corrected chi connectivity index (χ0v) is 14.6. The number of nitrogens with zero attached hydrogens (tertiary/aromatic N) is 2. The average molecular weight is 338 g/mol. The number of phenols is 2. The van der Waals surface area contributed by atoms with Gasteiger partial charge in [0.1, 0.15) is 0 Å². The van der Waals surface area contributed by atoms with Crippen molar-refractivity contribution < 1.29 is 19.8 Å². The highest BCUT2D eigenvalue weighted by Crippen LogP contribution is 2.32. The van der Waals surface area contributed by atoms with Crippen molar-refractivity contribution in [1.29, 1.82) is 0 Å². The third-order valence-corrected chi connectivity index (χ3v) is 3.33. The van der Waals surface area contributed by atoms with Crippen molar-refractivity contribution in [3.63, 3.8) is 0 Å². The number of carbonyl (C=O) groups excluding carboxylic acids is 2. The van der Waals surface area contributed by atoms with Crippen LogP contribution in [0.4, 0.5) is 0 Å². The maximum atomic E-state index is 12.0. The lowest BCUT2D eigenvalue weighted by atomic mass is 10.1. The Bertz CT molecular complexity index is 537. The Morgan fingerprint density at radius 2 is 1.17 bits per heavy atom. The number of phenolic OH excluding ortho intramolecular Hbond substituents is 2. The number of aromatic hydroxyl groups is 2. The summed E-state index contributed by atoms with van der Waals surface area (Å²) in [5, 5.41) is 25.3. The molecule has 0 saturated carbocycles. The van der Waals surface area contributed by atoms with Crippen LogP contribution in [0.3, 0.4) is 0 Å². The Morgan fingerprint density at radius 3 is 1.46 bits per heavy atom. The summed E-state index contributed by atoms with van der Waals surface area (Å²) in [6, 6.07) is 2.64. The number of amides is 2. The van der Waals surface area contributed by atoms with Gasteiger partial charge in [0.15, 0.2) is 11.5 Å². The first-order chi connectivity index (χ1) is 11.2. The van der Waals surface area contributed by atoms with Crippen LogP contribution in [-0.4, -0.2) is 86.2 Å². The van der Waals surface area contributed by atoms with Crippen LogP contribution in [0, 0.1) is 0 Å². The van der Waals surface area contributed by atoms with Crippen molar-refractivity contribution in [1.82, 2.24) is 20.4 Å². The second kappa shape index (κ2) is 9.09. The van der Waals surface area contributed by atoms with Gasteiger partial charge in [0, 0.05) is 26.2 Å². The zero-order valence-electron chi connectivity index (χ0n) is 14.6. The molecule has 134 valence electrons. The highest BCUT2D eigenvalue weighted by molar-refractivity contribution is 6.02. The van der Waals surface area contributed by atoms with Gasteiger partial charge >= 0.3 is 0 Å². The van der Waals surface area contributed by atoms with Crippen molar-refractivity contribution in [3.05, 3.63) is 23.3 Å². The van der Waals surface area contributed by atoms with Crippen molar-refractivity contribution in [2.45, 2.75) is 0 Å². The minimum atomic E-state index is -0.599. The lowest BCUT2D eigenvalue weighted by Gasteiger charge is -2.14. The quantitative estimate of drug-likeness (QED) is 0.484. The maximum Gasteiger partial charge on any atom is 0.255 e. The number of carbonyl (C=O) groups is 2. The fourth-order valence-corrected chi connectivity index (χ4v) is 1.92. The number of hydrogen-bond acceptors (Lipinski definition) is 6. The minimum Gasteiger partial charge on any atom is -0.504 e. The van der Waals surface area contributed by atoms with E-state index in [4.69, 9.17) is 0 Å². The molecule has 0 atom stereocenters. The van der Waals surface area contributed by atoms with E-state index < -0.39 is 23.3 Å². The van der Waals surface area contributed by atoms with Gasteiger partial charge in [0.05, 0.1) is 11.1 Å². The largest absolute Gasteiger partial charge is 0.504 e. The SMILES string of the molecule is CN(C)CCNC(=O)c1ccc(C(=O)NCCN(C)C)c(O)c1O. The smallest absolute Gasteiger partial charge is 0.255 e. The van der Waals surface area contributed by atoms with Crippen molar-refractivity contribution in [2.24, 2.45) is 0 Å². The van der Waals surface area contributed by atoms with Crippen molar-refractivity contribution in [3.8, 4) is 11.5 Å². The first-order valence-electron chi connectivity index (χ1n) is 7.64. The number of likely N-dealkylation sites (N-methyl/N-ethyl adjacent to an activating group) is 2. The molecule has 0 aliphatic carbocycles. The van der Waals surface area contributed by atoms with Gasteiger partial charge in [-0.3, -0.25) is 9.59 Å². The summed E-state index contributed by atoms with van der Waals surface area (Å²) in [7, 11) is 7.50. The maximum absolute atomic E-state index is 12.0. The second-order valence-corrected chi connectivity index (χ2v) is 5.98. The van der Waals surface area contributed by atoms with Gasteiger partial charge in [-0.15, -0.1) is 0 Å². The first-order valence-corrected chi connectivity index (χ1v) is 7.64. The van der Waals surface area contributed by atoms with Crippen LogP contribution in [0.25, 0.3) is 0 Å². The lowest BCUT2D eigenvalue weighted by molar-refractivity contribution is 0.0933. The topological polar surface area (TPSA) is 105 Å². The standard InChI is InChI=1S/C16H26N4O4/c1-19(2)9-7-17-15(23)11-5-6-12(14(22)13(11)21)16(24)18-8-10-20(3)4/h5-6,21-22H,7-10H2,1-4H3,(H,17,23)(H,18,24). The Kier molecular flexibility index (Phi) is 7.47. The number of nitrogens with one attached hydrogen (secondary N) is 2. The Labute approximate surface area is 142 Å². The summed E-state index contributed by atoms with van der Waals surface area (Å²) in [4.78, 5) is 27.8. The zero-order chi connectivity index (χ0) is 18.3. The van der Waals surface area contributed by atoms with Gasteiger partial charge < -0.3 is 30.6 Å². The Balaban J connectivity index is 2.78. The summed E-state index contributed by atoms with van der Waals surface area (Å²) >= 11 is 0. The molecule has 0 bridgehead atoms. The molecule has 0 aromatic heterocycles. The molecule has 1 aromatic rings. The minimum absolute atomic E-state index is 0.0731. The van der Waals surface area contributed by atoms with E-state index in [1.165, 1.54) is 12.1 Å². The molecule has 0 aliphatic heterocycles. The van der Waals surface area contributed by atoms with Crippen LogP contribution >= 0.6 is 0 Å². The molecule has 24 heavy (non-hydrogen) atoms. The molecule has 0 spiro atoms. The molecule has 4 N–H and O–H groups in total. The van der Waals surface area contributed by atoms with E-state index in [0.29, 0.717) is 26.2 Å². The van der Waals surface area contributed by atoms with Crippen molar-refractivity contribution in [2.75, 3.05) is 54.4 Å². The van der Waals surface area contributed by atoms with Gasteiger partial charge in [-0.1, -0.05) is 0 Å². The molecule has 0 fully saturated rings. The van der Waals surface area contributed by atoms with Gasteiger partial charge in [0.25, 0.3) is 11.8 Å². The van der Waals surface area contributed by atoms with Gasteiger partial charge in [0.2, 0.25) is 0 Å². The molecule has 0 radical (unpaired) electrons.